The van der Waals surface area contributed by atoms with Crippen molar-refractivity contribution in [1.29, 1.82) is 0 Å². The molecule has 1 fully saturated rings. The van der Waals surface area contributed by atoms with Crippen LogP contribution < -0.4 is 15.0 Å². The van der Waals surface area contributed by atoms with E-state index in [1.807, 2.05) is 36.1 Å². The topological polar surface area (TPSA) is 49.4 Å². The van der Waals surface area contributed by atoms with Crippen molar-refractivity contribution in [3.63, 3.8) is 0 Å². The van der Waals surface area contributed by atoms with Crippen LogP contribution in [-0.4, -0.2) is 50.6 Å². The van der Waals surface area contributed by atoms with Gasteiger partial charge in [-0.1, -0.05) is 12.1 Å². The molecule has 2 N–H and O–H groups in total. The smallest absolute Gasteiger partial charge is 0.277 e. The highest BCUT2D eigenvalue weighted by Crippen LogP contribution is 2.28. The summed E-state index contributed by atoms with van der Waals surface area (Å²) in [5.74, 6) is -0.334. The number of quaternary nitrogens is 1. The maximum absolute atomic E-state index is 13.9. The Hall–Kier alpha value is -2.67. The van der Waals surface area contributed by atoms with Crippen LogP contribution in [0.4, 0.5) is 14.5 Å². The van der Waals surface area contributed by atoms with Crippen molar-refractivity contribution in [3.8, 4) is 5.75 Å². The lowest BCUT2D eigenvalue weighted by Gasteiger charge is -2.36. The third kappa shape index (κ3) is 4.59. The molecule has 0 bridgehead atoms. The van der Waals surface area contributed by atoms with Gasteiger partial charge in [-0.2, -0.15) is 0 Å². The maximum Gasteiger partial charge on any atom is 0.277 e. The number of methoxy groups -OCH3 is 1. The molecule has 3 rings (SSSR count). The minimum atomic E-state index is -0.600. The fourth-order valence-corrected chi connectivity index (χ4v) is 3.49. The number of rotatable bonds is 6. The molecule has 0 spiro atoms. The number of hydrogen-bond acceptors (Lipinski definition) is 3. The molecular formula is C21H26F2N3O2+. The lowest BCUT2D eigenvalue weighted by atomic mass is 10.1. The number of nitrogens with zero attached hydrogens (tertiary/aromatic N) is 2. The second-order valence-corrected chi connectivity index (χ2v) is 6.93. The first-order chi connectivity index (χ1) is 13.5. The molecule has 1 amide bonds. The molecule has 5 nitrogen and oxygen atoms in total. The molecule has 0 aliphatic carbocycles. The van der Waals surface area contributed by atoms with E-state index in [4.69, 9.17) is 4.74 Å². The van der Waals surface area contributed by atoms with Gasteiger partial charge in [0.1, 0.15) is 23.4 Å². The van der Waals surface area contributed by atoms with E-state index >= 15 is 0 Å². The molecule has 1 saturated heterocycles. The van der Waals surface area contributed by atoms with Gasteiger partial charge in [-0.05, 0) is 31.2 Å². The Kier molecular flexibility index (Phi) is 6.46. The lowest BCUT2D eigenvalue weighted by molar-refractivity contribution is -0.683. The predicted octanol–water partition coefficient (Wildman–Crippen LogP) is 1.95. The van der Waals surface area contributed by atoms with E-state index in [2.05, 4.69) is 4.90 Å². The van der Waals surface area contributed by atoms with Gasteiger partial charge in [0.2, 0.25) is 0 Å². The summed E-state index contributed by atoms with van der Waals surface area (Å²) in [4.78, 5) is 16.6. The molecule has 2 aromatic rings. The highest BCUT2D eigenvalue weighted by Gasteiger charge is 2.24. The van der Waals surface area contributed by atoms with E-state index in [9.17, 15) is 13.6 Å². The third-order valence-electron chi connectivity index (χ3n) is 5.16. The number of anilines is 1. The molecule has 0 radical (unpaired) electrons. The number of amides is 1. The van der Waals surface area contributed by atoms with Crippen molar-refractivity contribution in [2.45, 2.75) is 13.0 Å². The highest BCUT2D eigenvalue weighted by molar-refractivity contribution is 5.77. The minimum absolute atomic E-state index is 0.0223. The summed E-state index contributed by atoms with van der Waals surface area (Å²) in [6.07, 6.45) is 0. The fourth-order valence-electron chi connectivity index (χ4n) is 3.49. The van der Waals surface area contributed by atoms with Crippen LogP contribution in [0.5, 0.6) is 5.75 Å². The van der Waals surface area contributed by atoms with Crippen LogP contribution in [0.1, 0.15) is 18.5 Å². The average molecular weight is 390 g/mol. The fraction of sp³-hybridized carbons (Fsp3) is 0.381. The second kappa shape index (κ2) is 9.01. The zero-order valence-corrected chi connectivity index (χ0v) is 16.2. The molecule has 7 heteroatoms. The largest absolute Gasteiger partial charge is 0.495 e. The summed E-state index contributed by atoms with van der Waals surface area (Å²) in [5.41, 5.74) is 1.43. The number of halogens is 2. The van der Waals surface area contributed by atoms with Crippen LogP contribution in [0.15, 0.2) is 42.5 Å². The first-order valence-electron chi connectivity index (χ1n) is 9.43. The monoisotopic (exact) mass is 390 g/mol. The number of ether oxygens (including phenoxy) is 1. The normalized spacial score (nSPS) is 15.4. The van der Waals surface area contributed by atoms with Crippen molar-refractivity contribution in [3.05, 3.63) is 59.7 Å². The molecule has 0 aromatic heterocycles. The van der Waals surface area contributed by atoms with Crippen LogP contribution >= 0.6 is 0 Å². The number of piperazine rings is 1. The van der Waals surface area contributed by atoms with Gasteiger partial charge in [0.15, 0.2) is 6.54 Å². The summed E-state index contributed by atoms with van der Waals surface area (Å²) in [6.45, 7) is 4.76. The van der Waals surface area contributed by atoms with Crippen molar-refractivity contribution < 1.29 is 23.6 Å². The first kappa shape index (κ1) is 20.1. The summed E-state index contributed by atoms with van der Waals surface area (Å²) in [6, 6.07) is 11.1. The van der Waals surface area contributed by atoms with Crippen molar-refractivity contribution >= 4 is 11.6 Å². The zero-order chi connectivity index (χ0) is 20.1. The Balaban J connectivity index is 1.51. The van der Waals surface area contributed by atoms with Gasteiger partial charge >= 0.3 is 0 Å². The van der Waals surface area contributed by atoms with Crippen LogP contribution in [-0.2, 0) is 4.79 Å². The van der Waals surface area contributed by atoms with E-state index < -0.39 is 11.6 Å². The highest BCUT2D eigenvalue weighted by atomic mass is 19.1. The van der Waals surface area contributed by atoms with Crippen molar-refractivity contribution in [2.24, 2.45) is 0 Å². The maximum atomic E-state index is 13.9. The number of benzene rings is 2. The molecular weight excluding hydrogens is 364 g/mol. The van der Waals surface area contributed by atoms with Gasteiger partial charge in [-0.15, -0.1) is 0 Å². The number of nitrogens with two attached hydrogens (primary N) is 1. The van der Waals surface area contributed by atoms with Crippen molar-refractivity contribution in [1.82, 2.24) is 4.90 Å². The first-order valence-corrected chi connectivity index (χ1v) is 9.43. The molecule has 150 valence electrons. The average Bonchev–Trinajstić information content (AvgIpc) is 2.72. The SMILES string of the molecule is COc1ccccc1N1CCN(C(=O)C[NH2+][C@@H](C)c2ccc(F)cc2F)CC1. The number of hydrogen-bond donors (Lipinski definition) is 1. The predicted molar refractivity (Wildman–Crippen MR) is 103 cm³/mol. The molecule has 1 aliphatic heterocycles. The van der Waals surface area contributed by atoms with Crippen LogP contribution in [0.2, 0.25) is 0 Å². The van der Waals surface area contributed by atoms with Gasteiger partial charge in [-0.25, -0.2) is 8.78 Å². The minimum Gasteiger partial charge on any atom is -0.495 e. The Morgan fingerprint density at radius 1 is 1.14 bits per heavy atom. The molecule has 0 unspecified atom stereocenters. The molecule has 1 aliphatic rings. The Morgan fingerprint density at radius 3 is 2.54 bits per heavy atom. The molecule has 0 saturated carbocycles. The number of para-hydroxylation sites is 2. The van der Waals surface area contributed by atoms with E-state index in [1.165, 1.54) is 12.1 Å². The summed E-state index contributed by atoms with van der Waals surface area (Å²) in [5, 5.41) is 1.78. The van der Waals surface area contributed by atoms with Gasteiger partial charge in [0, 0.05) is 37.8 Å². The van der Waals surface area contributed by atoms with E-state index in [0.717, 1.165) is 30.6 Å². The van der Waals surface area contributed by atoms with E-state index in [-0.39, 0.29) is 18.5 Å². The summed E-state index contributed by atoms with van der Waals surface area (Å²) < 4.78 is 32.3. The molecule has 2 aromatic carbocycles. The number of carbonyl (C=O) groups is 1. The third-order valence-corrected chi connectivity index (χ3v) is 5.16. The van der Waals surface area contributed by atoms with Crippen molar-refractivity contribution in [2.75, 3.05) is 44.7 Å². The lowest BCUT2D eigenvalue weighted by Crippen LogP contribution is -2.87. The summed E-state index contributed by atoms with van der Waals surface area (Å²) >= 11 is 0. The van der Waals surface area contributed by atoms with E-state index in [1.54, 1.807) is 12.4 Å². The molecule has 1 atom stereocenters. The Labute approximate surface area is 163 Å². The van der Waals surface area contributed by atoms with Crippen LogP contribution in [0.3, 0.4) is 0 Å². The zero-order valence-electron chi connectivity index (χ0n) is 16.2. The van der Waals surface area contributed by atoms with Gasteiger partial charge in [0.25, 0.3) is 5.91 Å². The Morgan fingerprint density at radius 2 is 1.86 bits per heavy atom. The van der Waals surface area contributed by atoms with E-state index in [0.29, 0.717) is 18.7 Å². The van der Waals surface area contributed by atoms with Gasteiger partial charge < -0.3 is 19.9 Å². The number of carbonyl (C=O) groups excluding carboxylic acids is 1. The summed E-state index contributed by atoms with van der Waals surface area (Å²) in [7, 11) is 1.65. The molecule has 1 heterocycles. The second-order valence-electron chi connectivity index (χ2n) is 6.93. The van der Waals surface area contributed by atoms with Crippen LogP contribution in [0, 0.1) is 11.6 Å². The Bertz CT molecular complexity index is 823. The van der Waals surface area contributed by atoms with Gasteiger partial charge in [-0.3, -0.25) is 4.79 Å². The van der Waals surface area contributed by atoms with Crippen LogP contribution in [0.25, 0.3) is 0 Å². The quantitative estimate of drug-likeness (QED) is 0.820. The van der Waals surface area contributed by atoms with Gasteiger partial charge in [0.05, 0.1) is 12.8 Å². The standard InChI is InChI=1S/C21H25F2N3O2/c1-15(17-8-7-16(22)13-18(17)23)24-14-21(27)26-11-9-25(10-12-26)19-5-3-4-6-20(19)28-2/h3-8,13,15,24H,9-12,14H2,1-2H3/p+1/t15-/m0/s1. The molecule has 28 heavy (non-hydrogen) atoms.